The molecule has 0 bridgehead atoms. The predicted octanol–water partition coefficient (Wildman–Crippen LogP) is 5.29. The van der Waals surface area contributed by atoms with E-state index in [0.717, 1.165) is 22.4 Å². The average Bonchev–Trinajstić information content (AvgIpc) is 3.33. The number of benzene rings is 4. The summed E-state index contributed by atoms with van der Waals surface area (Å²) in [5.74, 6) is 0.826. The second kappa shape index (κ2) is 9.55. The predicted molar refractivity (Wildman–Crippen MR) is 140 cm³/mol. The molecule has 0 saturated carbocycles. The third kappa shape index (κ3) is 4.77. The summed E-state index contributed by atoms with van der Waals surface area (Å²) in [6.07, 6.45) is 0. The number of para-hydroxylation sites is 3. The first kappa shape index (κ1) is 23.1. The number of rotatable bonds is 7. The number of imidazole rings is 1. The lowest BCUT2D eigenvalue weighted by Crippen LogP contribution is -2.18. The molecule has 0 radical (unpaired) electrons. The molecule has 0 aliphatic heterocycles. The zero-order chi connectivity index (χ0) is 25.1. The van der Waals surface area contributed by atoms with Crippen LogP contribution in [0, 0.1) is 0 Å². The summed E-state index contributed by atoms with van der Waals surface area (Å²) in [5, 5.41) is 2.82. The van der Waals surface area contributed by atoms with E-state index in [4.69, 9.17) is 4.74 Å². The number of methoxy groups -OCH3 is 1. The maximum atomic E-state index is 13.0. The fourth-order valence-corrected chi connectivity index (χ4v) is 4.81. The van der Waals surface area contributed by atoms with Crippen LogP contribution >= 0.6 is 0 Å². The molecule has 0 unspecified atom stereocenters. The minimum atomic E-state index is -3.91. The Morgan fingerprint density at radius 2 is 1.56 bits per heavy atom. The first-order valence-electron chi connectivity index (χ1n) is 11.1. The van der Waals surface area contributed by atoms with E-state index < -0.39 is 15.9 Å². The van der Waals surface area contributed by atoms with Gasteiger partial charge in [-0.25, -0.2) is 13.4 Å². The van der Waals surface area contributed by atoms with Crippen molar-refractivity contribution in [1.29, 1.82) is 0 Å². The fraction of sp³-hybridized carbons (Fsp3) is 0.0370. The monoisotopic (exact) mass is 498 g/mol. The standard InChI is InChI=1S/C27H22N4O4S/c1-35-20-14-16-21(17-15-20)36(33,34)31-23-7-3-2-6-22(23)27(32)28-19-12-10-18(11-13-19)26-29-24-8-4-5-9-25(24)30-26/h2-17,31H,1H3,(H,28,32)(H,29,30). The van der Waals surface area contributed by atoms with E-state index in [2.05, 4.69) is 20.0 Å². The van der Waals surface area contributed by atoms with E-state index in [1.807, 2.05) is 36.4 Å². The Kier molecular flexibility index (Phi) is 6.14. The second-order valence-corrected chi connectivity index (χ2v) is 9.64. The molecule has 3 N–H and O–H groups in total. The van der Waals surface area contributed by atoms with Gasteiger partial charge < -0.3 is 15.0 Å². The van der Waals surface area contributed by atoms with E-state index in [0.29, 0.717) is 11.4 Å². The number of aromatic nitrogens is 2. The first-order valence-corrected chi connectivity index (χ1v) is 12.5. The van der Waals surface area contributed by atoms with Crippen molar-refractivity contribution in [1.82, 2.24) is 9.97 Å². The van der Waals surface area contributed by atoms with Crippen molar-refractivity contribution in [3.8, 4) is 17.1 Å². The largest absolute Gasteiger partial charge is 0.497 e. The number of hydrogen-bond donors (Lipinski definition) is 3. The molecule has 5 aromatic rings. The highest BCUT2D eigenvalue weighted by Crippen LogP contribution is 2.25. The summed E-state index contributed by atoms with van der Waals surface area (Å²) in [7, 11) is -2.41. The molecule has 1 heterocycles. The summed E-state index contributed by atoms with van der Waals surface area (Å²) in [4.78, 5) is 21.0. The smallest absolute Gasteiger partial charge is 0.261 e. The Bertz CT molecular complexity index is 1610. The molecule has 1 amide bonds. The molecule has 8 nitrogen and oxygen atoms in total. The maximum Gasteiger partial charge on any atom is 0.261 e. The highest BCUT2D eigenvalue weighted by molar-refractivity contribution is 7.92. The number of aromatic amines is 1. The number of amides is 1. The van der Waals surface area contributed by atoms with Crippen LogP contribution in [0.15, 0.2) is 102 Å². The molecule has 0 aliphatic carbocycles. The van der Waals surface area contributed by atoms with Crippen LogP contribution in [0.1, 0.15) is 10.4 Å². The minimum Gasteiger partial charge on any atom is -0.497 e. The number of H-pyrrole nitrogens is 1. The summed E-state index contributed by atoms with van der Waals surface area (Å²) in [5.41, 5.74) is 3.61. The zero-order valence-electron chi connectivity index (χ0n) is 19.2. The van der Waals surface area contributed by atoms with Gasteiger partial charge in [-0.1, -0.05) is 24.3 Å². The van der Waals surface area contributed by atoms with Crippen molar-refractivity contribution in [2.24, 2.45) is 0 Å². The van der Waals surface area contributed by atoms with E-state index in [9.17, 15) is 13.2 Å². The van der Waals surface area contributed by atoms with E-state index in [1.165, 1.54) is 19.2 Å². The quantitative estimate of drug-likeness (QED) is 0.282. The number of carbonyl (C=O) groups excluding carboxylic acids is 1. The van der Waals surface area contributed by atoms with Gasteiger partial charge in [-0.05, 0) is 72.8 Å². The van der Waals surface area contributed by atoms with Crippen molar-refractivity contribution in [2.75, 3.05) is 17.1 Å². The van der Waals surface area contributed by atoms with Crippen molar-refractivity contribution in [3.05, 3.63) is 103 Å². The molecule has 0 fully saturated rings. The lowest BCUT2D eigenvalue weighted by molar-refractivity contribution is 0.102. The van der Waals surface area contributed by atoms with Crippen molar-refractivity contribution < 1.29 is 17.9 Å². The van der Waals surface area contributed by atoms with Gasteiger partial charge in [0.05, 0.1) is 34.3 Å². The fourth-order valence-electron chi connectivity index (χ4n) is 3.73. The second-order valence-electron chi connectivity index (χ2n) is 7.96. The van der Waals surface area contributed by atoms with Gasteiger partial charge in [0, 0.05) is 11.3 Å². The highest BCUT2D eigenvalue weighted by atomic mass is 32.2. The molecule has 0 atom stereocenters. The molecule has 5 rings (SSSR count). The van der Waals surface area contributed by atoms with Crippen LogP contribution in [0.2, 0.25) is 0 Å². The molecule has 4 aromatic carbocycles. The zero-order valence-corrected chi connectivity index (χ0v) is 20.0. The molecular formula is C27H22N4O4S. The normalized spacial score (nSPS) is 11.2. The SMILES string of the molecule is COc1ccc(S(=O)(=O)Nc2ccccc2C(=O)Nc2ccc(-c3nc4ccccc4[nH]3)cc2)cc1. The third-order valence-electron chi connectivity index (χ3n) is 5.59. The first-order chi connectivity index (χ1) is 17.4. The van der Waals surface area contributed by atoms with Gasteiger partial charge >= 0.3 is 0 Å². The van der Waals surface area contributed by atoms with Crippen LogP contribution in [0.5, 0.6) is 5.75 Å². The van der Waals surface area contributed by atoms with Gasteiger partial charge in [0.15, 0.2) is 0 Å². The van der Waals surface area contributed by atoms with Crippen LogP contribution in [-0.2, 0) is 10.0 Å². The molecule has 36 heavy (non-hydrogen) atoms. The Morgan fingerprint density at radius 1 is 0.861 bits per heavy atom. The Balaban J connectivity index is 1.33. The highest BCUT2D eigenvalue weighted by Gasteiger charge is 2.19. The summed E-state index contributed by atoms with van der Waals surface area (Å²) < 4.78 is 33.3. The van der Waals surface area contributed by atoms with Gasteiger partial charge in [-0.15, -0.1) is 0 Å². The van der Waals surface area contributed by atoms with E-state index in [-0.39, 0.29) is 16.1 Å². The number of nitrogens with one attached hydrogen (secondary N) is 3. The number of ether oxygens (including phenoxy) is 1. The molecule has 180 valence electrons. The number of carbonyl (C=O) groups is 1. The minimum absolute atomic E-state index is 0.0553. The van der Waals surface area contributed by atoms with Gasteiger partial charge in [0.25, 0.3) is 15.9 Å². The maximum absolute atomic E-state index is 13.0. The lowest BCUT2D eigenvalue weighted by atomic mass is 10.1. The third-order valence-corrected chi connectivity index (χ3v) is 6.97. The number of sulfonamides is 1. The molecule has 9 heteroatoms. The summed E-state index contributed by atoms with van der Waals surface area (Å²) >= 11 is 0. The number of anilines is 2. The molecule has 0 aliphatic rings. The number of hydrogen-bond acceptors (Lipinski definition) is 5. The summed E-state index contributed by atoms with van der Waals surface area (Å²) in [6, 6.07) is 27.4. The topological polar surface area (TPSA) is 113 Å². The van der Waals surface area contributed by atoms with Crippen LogP contribution in [0.25, 0.3) is 22.4 Å². The van der Waals surface area contributed by atoms with Gasteiger partial charge in [-0.3, -0.25) is 9.52 Å². The van der Waals surface area contributed by atoms with Crippen molar-refractivity contribution in [2.45, 2.75) is 4.90 Å². The van der Waals surface area contributed by atoms with Crippen molar-refractivity contribution >= 4 is 38.3 Å². The lowest BCUT2D eigenvalue weighted by Gasteiger charge is -2.13. The number of nitrogens with zero attached hydrogens (tertiary/aromatic N) is 1. The Morgan fingerprint density at radius 3 is 2.28 bits per heavy atom. The van der Waals surface area contributed by atoms with Crippen LogP contribution < -0.4 is 14.8 Å². The van der Waals surface area contributed by atoms with Crippen LogP contribution in [0.3, 0.4) is 0 Å². The Labute approximate surface area is 208 Å². The average molecular weight is 499 g/mol. The van der Waals surface area contributed by atoms with Crippen molar-refractivity contribution in [3.63, 3.8) is 0 Å². The van der Waals surface area contributed by atoms with Gasteiger partial charge in [-0.2, -0.15) is 0 Å². The van der Waals surface area contributed by atoms with Gasteiger partial charge in [0.1, 0.15) is 11.6 Å². The molecular weight excluding hydrogens is 476 g/mol. The van der Waals surface area contributed by atoms with E-state index >= 15 is 0 Å². The number of fused-ring (bicyclic) bond motifs is 1. The van der Waals surface area contributed by atoms with E-state index in [1.54, 1.807) is 48.5 Å². The van der Waals surface area contributed by atoms with Crippen LogP contribution in [0.4, 0.5) is 11.4 Å². The summed E-state index contributed by atoms with van der Waals surface area (Å²) in [6.45, 7) is 0. The van der Waals surface area contributed by atoms with Crippen LogP contribution in [-0.4, -0.2) is 31.4 Å². The Hall–Kier alpha value is -4.63. The molecule has 0 spiro atoms. The van der Waals surface area contributed by atoms with Gasteiger partial charge in [0.2, 0.25) is 0 Å². The molecule has 0 saturated heterocycles. The molecule has 1 aromatic heterocycles.